The standard InChI is InChI=1S/C23H46/c1-4-7-9-10-11-12-13-14-15-16-17-18-20-22-23(6-3)21-19-8-5-2/h11-12,23H,4-10,13-22H2,1-3H3/b12-11+. The molecule has 0 saturated heterocycles. The number of rotatable bonds is 18. The molecule has 0 N–H and O–H groups in total. The molecule has 0 aromatic rings. The van der Waals surface area contributed by atoms with Crippen molar-refractivity contribution in [3.8, 4) is 0 Å². The van der Waals surface area contributed by atoms with Crippen molar-refractivity contribution >= 4 is 0 Å². The summed E-state index contributed by atoms with van der Waals surface area (Å²) in [4.78, 5) is 0. The summed E-state index contributed by atoms with van der Waals surface area (Å²) in [7, 11) is 0. The number of unbranched alkanes of at least 4 members (excludes halogenated alkanes) is 11. The molecule has 0 fully saturated rings. The molecule has 0 spiro atoms. The molecule has 0 heteroatoms. The molecule has 0 aliphatic rings. The highest BCUT2D eigenvalue weighted by molar-refractivity contribution is 4.81. The van der Waals surface area contributed by atoms with Gasteiger partial charge in [-0.25, -0.2) is 0 Å². The largest absolute Gasteiger partial charge is 0.0885 e. The van der Waals surface area contributed by atoms with Crippen LogP contribution in [0.1, 0.15) is 130 Å². The van der Waals surface area contributed by atoms with Crippen LogP contribution >= 0.6 is 0 Å². The first kappa shape index (κ1) is 22.7. The first-order chi connectivity index (χ1) is 11.3. The molecule has 0 rings (SSSR count). The van der Waals surface area contributed by atoms with Gasteiger partial charge < -0.3 is 0 Å². The van der Waals surface area contributed by atoms with Gasteiger partial charge in [0.25, 0.3) is 0 Å². The Kier molecular flexibility index (Phi) is 19.6. The molecule has 23 heavy (non-hydrogen) atoms. The van der Waals surface area contributed by atoms with Crippen molar-refractivity contribution < 1.29 is 0 Å². The number of allylic oxidation sites excluding steroid dienone is 2. The second-order valence-corrected chi connectivity index (χ2v) is 7.44. The van der Waals surface area contributed by atoms with E-state index in [0.717, 1.165) is 5.92 Å². The van der Waals surface area contributed by atoms with Gasteiger partial charge in [-0.2, -0.15) is 0 Å². The summed E-state index contributed by atoms with van der Waals surface area (Å²) in [6.45, 7) is 6.97. The van der Waals surface area contributed by atoms with E-state index < -0.39 is 0 Å². The van der Waals surface area contributed by atoms with E-state index in [1.54, 1.807) is 0 Å². The number of hydrogen-bond donors (Lipinski definition) is 0. The highest BCUT2D eigenvalue weighted by atomic mass is 14.1. The van der Waals surface area contributed by atoms with Crippen LogP contribution in [0.5, 0.6) is 0 Å². The van der Waals surface area contributed by atoms with E-state index >= 15 is 0 Å². The molecule has 1 unspecified atom stereocenters. The SMILES string of the molecule is CCCCC/C=C/CCCCCCCCC(CC)CCCCC. The molecule has 138 valence electrons. The first-order valence-corrected chi connectivity index (χ1v) is 11.0. The van der Waals surface area contributed by atoms with E-state index in [9.17, 15) is 0 Å². The Morgan fingerprint density at radius 1 is 0.522 bits per heavy atom. The summed E-state index contributed by atoms with van der Waals surface area (Å²) in [5.41, 5.74) is 0. The van der Waals surface area contributed by atoms with Crippen molar-refractivity contribution in [2.45, 2.75) is 130 Å². The predicted octanol–water partition coefficient (Wildman–Crippen LogP) is 8.85. The topological polar surface area (TPSA) is 0 Å². The maximum atomic E-state index is 2.41. The summed E-state index contributed by atoms with van der Waals surface area (Å²) in [5, 5.41) is 0. The van der Waals surface area contributed by atoms with Crippen molar-refractivity contribution in [1.82, 2.24) is 0 Å². The quantitative estimate of drug-likeness (QED) is 0.174. The average molecular weight is 323 g/mol. The van der Waals surface area contributed by atoms with E-state index in [4.69, 9.17) is 0 Å². The van der Waals surface area contributed by atoms with Crippen LogP contribution in [0, 0.1) is 5.92 Å². The minimum absolute atomic E-state index is 1.01. The second-order valence-electron chi connectivity index (χ2n) is 7.44. The average Bonchev–Trinajstić information content (AvgIpc) is 2.57. The highest BCUT2D eigenvalue weighted by Crippen LogP contribution is 2.21. The van der Waals surface area contributed by atoms with Gasteiger partial charge in [-0.3, -0.25) is 0 Å². The van der Waals surface area contributed by atoms with E-state index in [-0.39, 0.29) is 0 Å². The molecule has 0 amide bonds. The smallest absolute Gasteiger partial charge is 0.0351 e. The first-order valence-electron chi connectivity index (χ1n) is 11.0. The fraction of sp³-hybridized carbons (Fsp3) is 0.913. The van der Waals surface area contributed by atoms with Gasteiger partial charge in [0.2, 0.25) is 0 Å². The van der Waals surface area contributed by atoms with E-state index in [1.807, 2.05) is 0 Å². The molecule has 0 radical (unpaired) electrons. The van der Waals surface area contributed by atoms with Crippen LogP contribution in [-0.4, -0.2) is 0 Å². The Morgan fingerprint density at radius 3 is 1.52 bits per heavy atom. The lowest BCUT2D eigenvalue weighted by Crippen LogP contribution is -1.99. The van der Waals surface area contributed by atoms with Gasteiger partial charge in [0.1, 0.15) is 0 Å². The van der Waals surface area contributed by atoms with Gasteiger partial charge in [-0.05, 0) is 31.6 Å². The molecule has 1 atom stereocenters. The van der Waals surface area contributed by atoms with Crippen molar-refractivity contribution in [3.63, 3.8) is 0 Å². The van der Waals surface area contributed by atoms with Crippen molar-refractivity contribution in [1.29, 1.82) is 0 Å². The minimum atomic E-state index is 1.01. The van der Waals surface area contributed by atoms with E-state index in [2.05, 4.69) is 32.9 Å². The van der Waals surface area contributed by atoms with Crippen LogP contribution in [-0.2, 0) is 0 Å². The maximum Gasteiger partial charge on any atom is -0.0351 e. The lowest BCUT2D eigenvalue weighted by Gasteiger charge is -2.14. The zero-order valence-corrected chi connectivity index (χ0v) is 16.8. The zero-order chi connectivity index (χ0) is 17.0. The molecule has 0 nitrogen and oxygen atoms in total. The second kappa shape index (κ2) is 19.8. The van der Waals surface area contributed by atoms with Gasteiger partial charge in [-0.1, -0.05) is 116 Å². The predicted molar refractivity (Wildman–Crippen MR) is 108 cm³/mol. The summed E-state index contributed by atoms with van der Waals surface area (Å²) in [5.74, 6) is 1.01. The van der Waals surface area contributed by atoms with Gasteiger partial charge in [0, 0.05) is 0 Å². The lowest BCUT2D eigenvalue weighted by atomic mass is 9.92. The van der Waals surface area contributed by atoms with Gasteiger partial charge in [0.15, 0.2) is 0 Å². The van der Waals surface area contributed by atoms with Crippen LogP contribution in [0.3, 0.4) is 0 Å². The molecule has 0 heterocycles. The molecular weight excluding hydrogens is 276 g/mol. The molecule has 0 aliphatic heterocycles. The summed E-state index contributed by atoms with van der Waals surface area (Å²) in [6.07, 6.45) is 28.9. The van der Waals surface area contributed by atoms with Crippen molar-refractivity contribution in [2.24, 2.45) is 5.92 Å². The third kappa shape index (κ3) is 17.9. The molecule has 0 bridgehead atoms. The third-order valence-corrected chi connectivity index (χ3v) is 5.17. The molecule has 0 aromatic carbocycles. The van der Waals surface area contributed by atoms with Crippen molar-refractivity contribution in [2.75, 3.05) is 0 Å². The van der Waals surface area contributed by atoms with E-state index in [0.29, 0.717) is 0 Å². The Hall–Kier alpha value is -0.260. The third-order valence-electron chi connectivity index (χ3n) is 5.17. The van der Waals surface area contributed by atoms with Crippen LogP contribution in [0.4, 0.5) is 0 Å². The van der Waals surface area contributed by atoms with Gasteiger partial charge in [-0.15, -0.1) is 0 Å². The molecule has 0 aromatic heterocycles. The Balaban J connectivity index is 3.25. The van der Waals surface area contributed by atoms with Gasteiger partial charge in [0.05, 0.1) is 0 Å². The van der Waals surface area contributed by atoms with Gasteiger partial charge >= 0.3 is 0 Å². The van der Waals surface area contributed by atoms with Crippen LogP contribution in [0.25, 0.3) is 0 Å². The summed E-state index contributed by atoms with van der Waals surface area (Å²) >= 11 is 0. The van der Waals surface area contributed by atoms with Crippen LogP contribution in [0.2, 0.25) is 0 Å². The maximum absolute atomic E-state index is 2.41. The molecular formula is C23H46. The normalized spacial score (nSPS) is 13.0. The molecule has 0 aliphatic carbocycles. The fourth-order valence-corrected chi connectivity index (χ4v) is 3.39. The van der Waals surface area contributed by atoms with Crippen molar-refractivity contribution in [3.05, 3.63) is 12.2 Å². The molecule has 0 saturated carbocycles. The zero-order valence-electron chi connectivity index (χ0n) is 16.8. The Labute approximate surface area is 148 Å². The summed E-state index contributed by atoms with van der Waals surface area (Å²) in [6, 6.07) is 0. The summed E-state index contributed by atoms with van der Waals surface area (Å²) < 4.78 is 0. The van der Waals surface area contributed by atoms with Crippen LogP contribution in [0.15, 0.2) is 12.2 Å². The highest BCUT2D eigenvalue weighted by Gasteiger charge is 2.05. The van der Waals surface area contributed by atoms with E-state index in [1.165, 1.54) is 109 Å². The Bertz CT molecular complexity index is 228. The lowest BCUT2D eigenvalue weighted by molar-refractivity contribution is 0.396. The fourth-order valence-electron chi connectivity index (χ4n) is 3.39. The van der Waals surface area contributed by atoms with Crippen LogP contribution < -0.4 is 0 Å². The Morgan fingerprint density at radius 2 is 0.957 bits per heavy atom. The number of hydrogen-bond acceptors (Lipinski definition) is 0. The monoisotopic (exact) mass is 322 g/mol. The minimum Gasteiger partial charge on any atom is -0.0885 e.